The van der Waals surface area contributed by atoms with Crippen molar-refractivity contribution in [3.63, 3.8) is 0 Å². The molecule has 0 bridgehead atoms. The first-order chi connectivity index (χ1) is 6.42. The minimum atomic E-state index is 0.580. The highest BCUT2D eigenvalue weighted by molar-refractivity contribution is 6.16. The zero-order chi connectivity index (χ0) is 9.10. The van der Waals surface area contributed by atoms with Gasteiger partial charge in [-0.15, -0.1) is 11.6 Å². The van der Waals surface area contributed by atoms with Crippen LogP contribution in [0.25, 0.3) is 0 Å². The smallest absolute Gasteiger partial charge is 0.0951 e. The van der Waals surface area contributed by atoms with Gasteiger partial charge in [0, 0.05) is 12.2 Å². The van der Waals surface area contributed by atoms with E-state index in [1.807, 2.05) is 12.5 Å². The lowest BCUT2D eigenvalue weighted by molar-refractivity contribution is 0.348. The van der Waals surface area contributed by atoms with Gasteiger partial charge in [-0.3, -0.25) is 0 Å². The molecule has 0 radical (unpaired) electrons. The number of imidazole rings is 1. The van der Waals surface area contributed by atoms with E-state index in [2.05, 4.69) is 9.55 Å². The second-order valence-corrected chi connectivity index (χ2v) is 3.98. The molecule has 0 aromatic carbocycles. The average Bonchev–Trinajstić information content (AvgIpc) is 2.67. The Balaban J connectivity index is 2.13. The van der Waals surface area contributed by atoms with Crippen molar-refractivity contribution >= 4 is 11.6 Å². The zero-order valence-electron chi connectivity index (χ0n) is 7.75. The predicted molar refractivity (Wildman–Crippen MR) is 53.9 cm³/mol. The second-order valence-electron chi connectivity index (χ2n) is 3.72. The van der Waals surface area contributed by atoms with Gasteiger partial charge in [-0.1, -0.05) is 19.3 Å². The number of nitrogens with zero attached hydrogens (tertiary/aromatic N) is 2. The van der Waals surface area contributed by atoms with E-state index in [9.17, 15) is 0 Å². The fourth-order valence-electron chi connectivity index (χ4n) is 2.12. The Morgan fingerprint density at radius 2 is 2.15 bits per heavy atom. The summed E-state index contributed by atoms with van der Waals surface area (Å²) in [6.07, 6.45) is 10.5. The summed E-state index contributed by atoms with van der Waals surface area (Å²) in [5.74, 6) is 0.580. The Hall–Kier alpha value is -0.500. The Morgan fingerprint density at radius 3 is 2.85 bits per heavy atom. The van der Waals surface area contributed by atoms with Gasteiger partial charge >= 0.3 is 0 Å². The van der Waals surface area contributed by atoms with Crippen LogP contribution in [0, 0.1) is 0 Å². The number of aromatic nitrogens is 2. The van der Waals surface area contributed by atoms with Crippen LogP contribution in [0.5, 0.6) is 0 Å². The maximum absolute atomic E-state index is 5.83. The zero-order valence-corrected chi connectivity index (χ0v) is 8.50. The lowest BCUT2D eigenvalue weighted by atomic mass is 9.95. The Kier molecular flexibility index (Phi) is 2.89. The normalized spacial score (nSPS) is 19.2. The lowest BCUT2D eigenvalue weighted by Gasteiger charge is -2.24. The molecule has 0 aliphatic heterocycles. The van der Waals surface area contributed by atoms with Gasteiger partial charge in [-0.25, -0.2) is 4.98 Å². The first-order valence-electron chi connectivity index (χ1n) is 4.98. The monoisotopic (exact) mass is 198 g/mol. The van der Waals surface area contributed by atoms with E-state index >= 15 is 0 Å². The molecule has 2 nitrogen and oxygen atoms in total. The third-order valence-electron chi connectivity index (χ3n) is 2.85. The van der Waals surface area contributed by atoms with Gasteiger partial charge in [-0.2, -0.15) is 0 Å². The van der Waals surface area contributed by atoms with Crippen LogP contribution in [0.3, 0.4) is 0 Å². The molecule has 0 N–H and O–H groups in total. The molecule has 1 aromatic rings. The number of hydrogen-bond donors (Lipinski definition) is 0. The number of rotatable bonds is 2. The minimum absolute atomic E-state index is 0.580. The molecule has 0 unspecified atom stereocenters. The fourth-order valence-corrected chi connectivity index (χ4v) is 2.33. The van der Waals surface area contributed by atoms with E-state index in [0.717, 1.165) is 5.69 Å². The quantitative estimate of drug-likeness (QED) is 0.668. The van der Waals surface area contributed by atoms with E-state index in [4.69, 9.17) is 11.6 Å². The van der Waals surface area contributed by atoms with Crippen molar-refractivity contribution in [2.45, 2.75) is 44.0 Å². The van der Waals surface area contributed by atoms with Crippen molar-refractivity contribution in [1.82, 2.24) is 9.55 Å². The van der Waals surface area contributed by atoms with Crippen LogP contribution < -0.4 is 0 Å². The van der Waals surface area contributed by atoms with Crippen LogP contribution in [-0.4, -0.2) is 9.55 Å². The lowest BCUT2D eigenvalue weighted by Crippen LogP contribution is -2.13. The maximum atomic E-state index is 5.83. The van der Waals surface area contributed by atoms with Crippen molar-refractivity contribution in [2.24, 2.45) is 0 Å². The standard InChI is InChI=1S/C10H15ClN2/c11-6-10-7-12-8-13(10)9-4-2-1-3-5-9/h7-9H,1-6H2. The van der Waals surface area contributed by atoms with Crippen molar-refractivity contribution in [1.29, 1.82) is 0 Å². The topological polar surface area (TPSA) is 17.8 Å². The van der Waals surface area contributed by atoms with Gasteiger partial charge < -0.3 is 4.57 Å². The first-order valence-corrected chi connectivity index (χ1v) is 5.52. The Morgan fingerprint density at radius 1 is 1.38 bits per heavy atom. The summed E-state index contributed by atoms with van der Waals surface area (Å²) in [6.45, 7) is 0. The van der Waals surface area contributed by atoms with Gasteiger partial charge in [-0.05, 0) is 12.8 Å². The third kappa shape index (κ3) is 1.88. The molecular weight excluding hydrogens is 184 g/mol. The number of halogens is 1. The number of hydrogen-bond acceptors (Lipinski definition) is 1. The SMILES string of the molecule is ClCc1cncn1C1CCCCC1. The second kappa shape index (κ2) is 4.14. The minimum Gasteiger partial charge on any atom is -0.330 e. The summed E-state index contributed by atoms with van der Waals surface area (Å²) in [7, 11) is 0. The van der Waals surface area contributed by atoms with E-state index in [0.29, 0.717) is 11.9 Å². The summed E-state index contributed by atoms with van der Waals surface area (Å²) in [6, 6.07) is 0.657. The van der Waals surface area contributed by atoms with Crippen LogP contribution in [0.1, 0.15) is 43.8 Å². The van der Waals surface area contributed by atoms with Crippen LogP contribution in [0.4, 0.5) is 0 Å². The summed E-state index contributed by atoms with van der Waals surface area (Å²) in [4.78, 5) is 4.15. The Labute approximate surface area is 83.9 Å². The maximum Gasteiger partial charge on any atom is 0.0951 e. The van der Waals surface area contributed by atoms with Crippen LogP contribution in [0.15, 0.2) is 12.5 Å². The number of alkyl halides is 1. The van der Waals surface area contributed by atoms with Crippen LogP contribution in [-0.2, 0) is 5.88 Å². The molecule has 1 aliphatic carbocycles. The van der Waals surface area contributed by atoms with Crippen molar-refractivity contribution in [3.05, 3.63) is 18.2 Å². The van der Waals surface area contributed by atoms with Gasteiger partial charge in [0.15, 0.2) is 0 Å². The van der Waals surface area contributed by atoms with Crippen molar-refractivity contribution < 1.29 is 0 Å². The molecule has 1 fully saturated rings. The average molecular weight is 199 g/mol. The molecule has 0 atom stereocenters. The molecule has 3 heteroatoms. The van der Waals surface area contributed by atoms with Crippen molar-refractivity contribution in [3.8, 4) is 0 Å². The molecule has 1 saturated carbocycles. The molecule has 1 aromatic heterocycles. The molecule has 0 amide bonds. The summed E-state index contributed by atoms with van der Waals surface area (Å²) in [5, 5.41) is 0. The van der Waals surface area contributed by atoms with Crippen LogP contribution in [0.2, 0.25) is 0 Å². The Bertz CT molecular complexity index is 264. The molecule has 0 saturated heterocycles. The van der Waals surface area contributed by atoms with E-state index < -0.39 is 0 Å². The van der Waals surface area contributed by atoms with Gasteiger partial charge in [0.25, 0.3) is 0 Å². The van der Waals surface area contributed by atoms with E-state index in [-0.39, 0.29) is 0 Å². The van der Waals surface area contributed by atoms with Crippen LogP contribution >= 0.6 is 11.6 Å². The first kappa shape index (κ1) is 9.07. The molecular formula is C10H15ClN2. The summed E-state index contributed by atoms with van der Waals surface area (Å²) < 4.78 is 2.26. The van der Waals surface area contributed by atoms with E-state index in [1.165, 1.54) is 32.1 Å². The van der Waals surface area contributed by atoms with Gasteiger partial charge in [0.1, 0.15) is 0 Å². The molecule has 72 valence electrons. The predicted octanol–water partition coefficient (Wildman–Crippen LogP) is 3.13. The highest BCUT2D eigenvalue weighted by Crippen LogP contribution is 2.29. The summed E-state index contributed by atoms with van der Waals surface area (Å²) >= 11 is 5.83. The largest absolute Gasteiger partial charge is 0.330 e. The molecule has 2 rings (SSSR count). The van der Waals surface area contributed by atoms with E-state index in [1.54, 1.807) is 0 Å². The summed E-state index contributed by atoms with van der Waals surface area (Å²) in [5.41, 5.74) is 1.16. The molecule has 13 heavy (non-hydrogen) atoms. The molecule has 1 heterocycles. The van der Waals surface area contributed by atoms with Gasteiger partial charge in [0.05, 0.1) is 17.9 Å². The van der Waals surface area contributed by atoms with Gasteiger partial charge in [0.2, 0.25) is 0 Å². The highest BCUT2D eigenvalue weighted by Gasteiger charge is 2.16. The molecule has 1 aliphatic rings. The highest BCUT2D eigenvalue weighted by atomic mass is 35.5. The molecule has 0 spiro atoms. The van der Waals surface area contributed by atoms with Crippen molar-refractivity contribution in [2.75, 3.05) is 0 Å². The third-order valence-corrected chi connectivity index (χ3v) is 3.13. The fraction of sp³-hybridized carbons (Fsp3) is 0.700.